The van der Waals surface area contributed by atoms with Gasteiger partial charge in [-0.2, -0.15) is 11.3 Å². The number of para-hydroxylation sites is 1. The van der Waals surface area contributed by atoms with Crippen molar-refractivity contribution in [2.45, 2.75) is 6.42 Å². The fraction of sp³-hybridized carbons (Fsp3) is 0.333. The Morgan fingerprint density at radius 3 is 2.35 bits per heavy atom. The van der Waals surface area contributed by atoms with E-state index in [1.165, 1.54) is 11.3 Å². The molecular weight excluding hydrogens is 420 g/mol. The van der Waals surface area contributed by atoms with E-state index in [0.717, 1.165) is 0 Å². The Morgan fingerprint density at radius 2 is 1.68 bits per heavy atom. The fourth-order valence-electron chi connectivity index (χ4n) is 2.96. The molecule has 1 aromatic heterocycles. The molecule has 1 aliphatic heterocycles. The summed E-state index contributed by atoms with van der Waals surface area (Å²) < 4.78 is 5.01. The molecule has 31 heavy (non-hydrogen) atoms. The van der Waals surface area contributed by atoms with Gasteiger partial charge in [-0.25, -0.2) is 4.79 Å². The van der Waals surface area contributed by atoms with E-state index in [2.05, 4.69) is 10.6 Å². The van der Waals surface area contributed by atoms with E-state index in [1.54, 1.807) is 38.8 Å². The van der Waals surface area contributed by atoms with Crippen molar-refractivity contribution in [1.82, 2.24) is 15.1 Å². The van der Waals surface area contributed by atoms with Crippen LogP contribution in [0, 0.1) is 0 Å². The van der Waals surface area contributed by atoms with Gasteiger partial charge in [-0.1, -0.05) is 18.2 Å². The predicted octanol–water partition coefficient (Wildman–Crippen LogP) is 1.79. The zero-order chi connectivity index (χ0) is 22.1. The Morgan fingerprint density at radius 1 is 0.968 bits per heavy atom. The number of urea groups is 1. The van der Waals surface area contributed by atoms with E-state index < -0.39 is 5.97 Å². The summed E-state index contributed by atoms with van der Waals surface area (Å²) in [6.07, 6.45) is -0.0173. The topological polar surface area (TPSA) is 108 Å². The predicted molar refractivity (Wildman–Crippen MR) is 116 cm³/mol. The second-order valence-electron chi connectivity index (χ2n) is 6.84. The van der Waals surface area contributed by atoms with E-state index in [1.807, 2.05) is 18.2 Å². The number of piperazine rings is 1. The van der Waals surface area contributed by atoms with Crippen molar-refractivity contribution in [1.29, 1.82) is 0 Å². The molecule has 2 N–H and O–H groups in total. The van der Waals surface area contributed by atoms with Gasteiger partial charge in [0.25, 0.3) is 11.8 Å². The van der Waals surface area contributed by atoms with Gasteiger partial charge >= 0.3 is 12.0 Å². The lowest BCUT2D eigenvalue weighted by Gasteiger charge is -2.34. The number of hydrogen-bond acceptors (Lipinski definition) is 6. The molecule has 9 nitrogen and oxygen atoms in total. The highest BCUT2D eigenvalue weighted by Crippen LogP contribution is 2.09. The van der Waals surface area contributed by atoms with Gasteiger partial charge < -0.3 is 25.2 Å². The van der Waals surface area contributed by atoms with Crippen molar-refractivity contribution in [3.8, 4) is 0 Å². The number of benzene rings is 1. The minimum atomic E-state index is -0.556. The summed E-state index contributed by atoms with van der Waals surface area (Å²) in [5.41, 5.74) is 1.26. The smallest absolute Gasteiger partial charge is 0.321 e. The van der Waals surface area contributed by atoms with Gasteiger partial charge in [0.05, 0.1) is 6.42 Å². The standard InChI is InChI=1S/C21H24N4O5S/c26-18(14-30-19(27)6-8-22-20(28)16-7-13-31-15-16)24-9-11-25(12-10-24)21(29)23-17-4-2-1-3-5-17/h1-5,7,13,15H,6,8-12,14H2,(H,22,28)(H,23,29). The van der Waals surface area contributed by atoms with Gasteiger partial charge in [-0.15, -0.1) is 0 Å². The van der Waals surface area contributed by atoms with Gasteiger partial charge in [-0.3, -0.25) is 14.4 Å². The van der Waals surface area contributed by atoms with Crippen LogP contribution in [0.5, 0.6) is 0 Å². The number of amides is 4. The van der Waals surface area contributed by atoms with Crippen molar-refractivity contribution in [3.05, 3.63) is 52.7 Å². The largest absolute Gasteiger partial charge is 0.456 e. The first kappa shape index (κ1) is 22.3. The number of anilines is 1. The molecule has 0 bridgehead atoms. The monoisotopic (exact) mass is 444 g/mol. The summed E-state index contributed by atoms with van der Waals surface area (Å²) in [5.74, 6) is -1.11. The first-order valence-electron chi connectivity index (χ1n) is 9.87. The molecule has 0 aliphatic carbocycles. The van der Waals surface area contributed by atoms with Crippen LogP contribution < -0.4 is 10.6 Å². The van der Waals surface area contributed by atoms with Crippen LogP contribution in [0.4, 0.5) is 10.5 Å². The maximum Gasteiger partial charge on any atom is 0.321 e. The molecule has 0 unspecified atom stereocenters. The van der Waals surface area contributed by atoms with Crippen molar-refractivity contribution in [2.24, 2.45) is 0 Å². The number of rotatable bonds is 7. The van der Waals surface area contributed by atoms with Crippen molar-refractivity contribution >= 4 is 40.8 Å². The van der Waals surface area contributed by atoms with Gasteiger partial charge in [0.2, 0.25) is 0 Å². The Kier molecular flexibility index (Phi) is 7.99. The van der Waals surface area contributed by atoms with E-state index >= 15 is 0 Å². The van der Waals surface area contributed by atoms with Crippen LogP contribution >= 0.6 is 11.3 Å². The zero-order valence-corrected chi connectivity index (χ0v) is 17.7. The molecule has 1 aliphatic rings. The van der Waals surface area contributed by atoms with Gasteiger partial charge in [0.15, 0.2) is 6.61 Å². The average molecular weight is 445 g/mol. The Hall–Kier alpha value is -3.40. The third-order valence-electron chi connectivity index (χ3n) is 4.70. The quantitative estimate of drug-likeness (QED) is 0.633. The van der Waals surface area contributed by atoms with Gasteiger partial charge in [-0.05, 0) is 23.6 Å². The molecule has 0 atom stereocenters. The van der Waals surface area contributed by atoms with Crippen LogP contribution in [0.25, 0.3) is 0 Å². The second-order valence-corrected chi connectivity index (χ2v) is 7.62. The van der Waals surface area contributed by atoms with Crippen molar-refractivity contribution in [2.75, 3.05) is 44.6 Å². The summed E-state index contributed by atoms with van der Waals surface area (Å²) >= 11 is 1.41. The Labute approximate surface area is 184 Å². The number of nitrogens with one attached hydrogen (secondary N) is 2. The molecule has 164 valence electrons. The SMILES string of the molecule is O=C(CCNC(=O)c1ccsc1)OCC(=O)N1CCN(C(=O)Nc2ccccc2)CC1. The third kappa shape index (κ3) is 6.82. The normalized spacial score (nSPS) is 13.4. The van der Waals surface area contributed by atoms with E-state index in [9.17, 15) is 19.2 Å². The lowest BCUT2D eigenvalue weighted by molar-refractivity contribution is -0.152. The molecule has 0 spiro atoms. The fourth-order valence-corrected chi connectivity index (χ4v) is 3.60. The van der Waals surface area contributed by atoms with E-state index in [0.29, 0.717) is 37.4 Å². The molecular formula is C21H24N4O5S. The Balaban J connectivity index is 1.31. The molecule has 2 heterocycles. The van der Waals surface area contributed by atoms with Gasteiger partial charge in [0, 0.05) is 49.4 Å². The zero-order valence-electron chi connectivity index (χ0n) is 16.9. The lowest BCUT2D eigenvalue weighted by atomic mass is 10.3. The molecule has 10 heteroatoms. The van der Waals surface area contributed by atoms with Crippen LogP contribution in [0.2, 0.25) is 0 Å². The number of nitrogens with zero attached hydrogens (tertiary/aromatic N) is 2. The number of thiophene rings is 1. The van der Waals surface area contributed by atoms with E-state index in [4.69, 9.17) is 4.74 Å². The highest BCUT2D eigenvalue weighted by atomic mass is 32.1. The molecule has 0 saturated carbocycles. The van der Waals surface area contributed by atoms with Gasteiger partial charge in [0.1, 0.15) is 0 Å². The van der Waals surface area contributed by atoms with Crippen LogP contribution in [0.1, 0.15) is 16.8 Å². The summed E-state index contributed by atoms with van der Waals surface area (Å²) in [7, 11) is 0. The average Bonchev–Trinajstić information content (AvgIpc) is 3.33. The maximum atomic E-state index is 12.3. The van der Waals surface area contributed by atoms with Crippen LogP contribution in [0.3, 0.4) is 0 Å². The highest BCUT2D eigenvalue weighted by Gasteiger charge is 2.24. The molecule has 0 radical (unpaired) electrons. The maximum absolute atomic E-state index is 12.3. The summed E-state index contributed by atoms with van der Waals surface area (Å²) in [4.78, 5) is 51.4. The van der Waals surface area contributed by atoms with Crippen LogP contribution in [-0.2, 0) is 14.3 Å². The number of ether oxygens (including phenoxy) is 1. The summed E-state index contributed by atoms with van der Waals surface area (Å²) in [6, 6.07) is 10.6. The lowest BCUT2D eigenvalue weighted by Crippen LogP contribution is -2.52. The minimum Gasteiger partial charge on any atom is -0.456 e. The molecule has 1 aromatic carbocycles. The van der Waals surface area contributed by atoms with Crippen molar-refractivity contribution in [3.63, 3.8) is 0 Å². The molecule has 1 saturated heterocycles. The number of hydrogen-bond donors (Lipinski definition) is 2. The molecule has 1 fully saturated rings. The van der Waals surface area contributed by atoms with Crippen LogP contribution in [0.15, 0.2) is 47.2 Å². The molecule has 3 rings (SSSR count). The summed E-state index contributed by atoms with van der Waals surface area (Å²) in [5, 5.41) is 8.96. The molecule has 4 amide bonds. The molecule has 2 aromatic rings. The first-order chi connectivity index (χ1) is 15.0. The highest BCUT2D eigenvalue weighted by molar-refractivity contribution is 7.08. The number of esters is 1. The minimum absolute atomic E-state index is 0.0173. The summed E-state index contributed by atoms with van der Waals surface area (Å²) in [6.45, 7) is 1.31. The third-order valence-corrected chi connectivity index (χ3v) is 5.38. The second kappa shape index (κ2) is 11.1. The van der Waals surface area contributed by atoms with Crippen molar-refractivity contribution < 1.29 is 23.9 Å². The number of carbonyl (C=O) groups is 4. The van der Waals surface area contributed by atoms with E-state index in [-0.39, 0.29) is 37.4 Å². The first-order valence-corrected chi connectivity index (χ1v) is 10.8. The van der Waals surface area contributed by atoms with Crippen LogP contribution in [-0.4, -0.2) is 72.9 Å². The Bertz CT molecular complexity index is 896. The number of carbonyl (C=O) groups excluding carboxylic acids is 4.